The molecule has 1 heterocycles. The summed E-state index contributed by atoms with van der Waals surface area (Å²) in [4.78, 5) is 15.6. The summed E-state index contributed by atoms with van der Waals surface area (Å²) in [5.74, 6) is -1.74. The third-order valence-electron chi connectivity index (χ3n) is 2.43. The van der Waals surface area contributed by atoms with E-state index < -0.39 is 32.9 Å². The van der Waals surface area contributed by atoms with Crippen LogP contribution in [-0.4, -0.2) is 31.5 Å². The molecule has 0 aliphatic carbocycles. The Morgan fingerprint density at radius 2 is 2.05 bits per heavy atom. The van der Waals surface area contributed by atoms with Gasteiger partial charge in [0, 0.05) is 0 Å². The number of hydrogen-bond donors (Lipinski definition) is 0. The number of aromatic nitrogens is 1. The Kier molecular flexibility index (Phi) is 4.29. The minimum atomic E-state index is -5.92. The SMILES string of the molecule is CCOC(=O)c1ccc2ncsc2c1OS(=O)(=O)C(F)(F)F. The van der Waals surface area contributed by atoms with Crippen LogP contribution in [0, 0.1) is 0 Å². The van der Waals surface area contributed by atoms with Crippen LogP contribution in [0.5, 0.6) is 5.75 Å². The monoisotopic (exact) mass is 355 g/mol. The first-order valence-electron chi connectivity index (χ1n) is 5.71. The minimum Gasteiger partial charge on any atom is -0.462 e. The molecule has 0 saturated carbocycles. The number of ether oxygens (including phenoxy) is 1. The molecule has 0 bridgehead atoms. The van der Waals surface area contributed by atoms with Crippen molar-refractivity contribution in [3.63, 3.8) is 0 Å². The van der Waals surface area contributed by atoms with Crippen LogP contribution in [0.4, 0.5) is 13.2 Å². The number of alkyl halides is 3. The Labute approximate surface area is 126 Å². The first kappa shape index (κ1) is 16.5. The fourth-order valence-electron chi connectivity index (χ4n) is 1.51. The van der Waals surface area contributed by atoms with Crippen molar-refractivity contribution in [1.82, 2.24) is 4.98 Å². The lowest BCUT2D eigenvalue weighted by Crippen LogP contribution is -2.28. The largest absolute Gasteiger partial charge is 0.534 e. The Morgan fingerprint density at radius 3 is 2.64 bits per heavy atom. The Balaban J connectivity index is 2.61. The van der Waals surface area contributed by atoms with E-state index >= 15 is 0 Å². The number of benzene rings is 1. The fourth-order valence-corrected chi connectivity index (χ4v) is 2.82. The van der Waals surface area contributed by atoms with Crippen molar-refractivity contribution in [1.29, 1.82) is 0 Å². The van der Waals surface area contributed by atoms with Gasteiger partial charge in [-0.2, -0.15) is 21.6 Å². The number of thiazole rings is 1. The van der Waals surface area contributed by atoms with E-state index in [1.54, 1.807) is 0 Å². The zero-order chi connectivity index (χ0) is 16.5. The molecule has 22 heavy (non-hydrogen) atoms. The molecule has 0 spiro atoms. The van der Waals surface area contributed by atoms with E-state index in [-0.39, 0.29) is 16.8 Å². The van der Waals surface area contributed by atoms with Crippen LogP contribution in [0.1, 0.15) is 17.3 Å². The van der Waals surface area contributed by atoms with Gasteiger partial charge >= 0.3 is 21.6 Å². The third-order valence-corrected chi connectivity index (χ3v) is 4.22. The van der Waals surface area contributed by atoms with E-state index in [4.69, 9.17) is 0 Å². The standard InChI is InChI=1S/C11H8F3NO5S2/c1-2-19-10(16)6-3-4-7-9(21-5-15-7)8(6)20-22(17,18)11(12,13)14/h3-5H,2H2,1H3. The van der Waals surface area contributed by atoms with Crippen LogP contribution in [-0.2, 0) is 14.9 Å². The molecule has 0 aliphatic rings. The molecule has 0 aliphatic heterocycles. The molecule has 120 valence electrons. The van der Waals surface area contributed by atoms with E-state index in [1.807, 2.05) is 0 Å². The zero-order valence-corrected chi connectivity index (χ0v) is 12.5. The van der Waals surface area contributed by atoms with E-state index in [2.05, 4.69) is 13.9 Å². The number of nitrogens with zero attached hydrogens (tertiary/aromatic N) is 1. The van der Waals surface area contributed by atoms with Crippen molar-refractivity contribution in [3.8, 4) is 5.75 Å². The number of esters is 1. The van der Waals surface area contributed by atoms with Gasteiger partial charge in [-0.3, -0.25) is 0 Å². The van der Waals surface area contributed by atoms with Gasteiger partial charge in [0.15, 0.2) is 5.75 Å². The average molecular weight is 355 g/mol. The molecule has 0 amide bonds. The lowest BCUT2D eigenvalue weighted by Gasteiger charge is -2.13. The molecule has 2 aromatic rings. The summed E-state index contributed by atoms with van der Waals surface area (Å²) in [6.07, 6.45) is 0. The summed E-state index contributed by atoms with van der Waals surface area (Å²) < 4.78 is 68.7. The second kappa shape index (κ2) is 5.72. The van der Waals surface area contributed by atoms with Gasteiger partial charge in [-0.1, -0.05) is 0 Å². The summed E-state index contributed by atoms with van der Waals surface area (Å²) in [6.45, 7) is 1.46. The lowest BCUT2D eigenvalue weighted by atomic mass is 10.2. The maximum Gasteiger partial charge on any atom is 0.534 e. The van der Waals surface area contributed by atoms with Gasteiger partial charge in [-0.05, 0) is 19.1 Å². The fraction of sp³-hybridized carbons (Fsp3) is 0.273. The van der Waals surface area contributed by atoms with Gasteiger partial charge in [-0.25, -0.2) is 9.78 Å². The highest BCUT2D eigenvalue weighted by molar-refractivity contribution is 7.88. The van der Waals surface area contributed by atoms with Gasteiger partial charge in [0.05, 0.1) is 22.3 Å². The third kappa shape index (κ3) is 2.99. The number of carbonyl (C=O) groups excluding carboxylic acids is 1. The lowest BCUT2D eigenvalue weighted by molar-refractivity contribution is -0.0500. The topological polar surface area (TPSA) is 82.6 Å². The molecular weight excluding hydrogens is 347 g/mol. The van der Waals surface area contributed by atoms with E-state index in [0.29, 0.717) is 0 Å². The summed E-state index contributed by atoms with van der Waals surface area (Å²) in [6, 6.07) is 2.45. The minimum absolute atomic E-state index is 0.00150. The summed E-state index contributed by atoms with van der Waals surface area (Å²) in [5.41, 5.74) is -4.56. The van der Waals surface area contributed by atoms with E-state index in [1.165, 1.54) is 18.5 Å². The molecule has 0 atom stereocenters. The van der Waals surface area contributed by atoms with Crippen molar-refractivity contribution in [2.75, 3.05) is 6.61 Å². The van der Waals surface area contributed by atoms with Crippen molar-refractivity contribution >= 4 is 37.6 Å². The van der Waals surface area contributed by atoms with Crippen molar-refractivity contribution < 1.29 is 35.3 Å². The molecule has 0 unspecified atom stereocenters. The van der Waals surface area contributed by atoms with Crippen LogP contribution < -0.4 is 4.18 Å². The molecule has 0 saturated heterocycles. The van der Waals surface area contributed by atoms with Crippen LogP contribution in [0.15, 0.2) is 17.6 Å². The van der Waals surface area contributed by atoms with Gasteiger partial charge in [0.25, 0.3) is 0 Å². The molecule has 0 fully saturated rings. The van der Waals surface area contributed by atoms with Crippen molar-refractivity contribution in [3.05, 3.63) is 23.2 Å². The highest BCUT2D eigenvalue weighted by atomic mass is 32.2. The number of fused-ring (bicyclic) bond motifs is 1. The maximum absolute atomic E-state index is 12.5. The zero-order valence-electron chi connectivity index (χ0n) is 10.9. The highest BCUT2D eigenvalue weighted by Gasteiger charge is 2.49. The van der Waals surface area contributed by atoms with E-state index in [9.17, 15) is 26.4 Å². The van der Waals surface area contributed by atoms with Crippen LogP contribution in [0.3, 0.4) is 0 Å². The molecule has 0 radical (unpaired) electrons. The summed E-state index contributed by atoms with van der Waals surface area (Å²) in [5, 5.41) is 0. The highest BCUT2D eigenvalue weighted by Crippen LogP contribution is 2.36. The Bertz CT molecular complexity index is 813. The van der Waals surface area contributed by atoms with Crippen LogP contribution >= 0.6 is 11.3 Å². The normalized spacial score (nSPS) is 12.4. The second-order valence-corrected chi connectivity index (χ2v) is 6.24. The van der Waals surface area contributed by atoms with E-state index in [0.717, 1.165) is 17.4 Å². The molecule has 2 rings (SSSR count). The van der Waals surface area contributed by atoms with Gasteiger partial charge in [0.2, 0.25) is 0 Å². The van der Waals surface area contributed by atoms with Crippen LogP contribution in [0.2, 0.25) is 0 Å². The molecule has 1 aromatic carbocycles. The Morgan fingerprint density at radius 1 is 1.36 bits per heavy atom. The summed E-state index contributed by atoms with van der Waals surface area (Å²) in [7, 11) is -5.92. The quantitative estimate of drug-likeness (QED) is 0.476. The average Bonchev–Trinajstić information content (AvgIpc) is 2.86. The predicted octanol–water partition coefficient (Wildman–Crippen LogP) is 2.70. The first-order chi connectivity index (χ1) is 10.2. The second-order valence-electron chi connectivity index (χ2n) is 3.85. The Hall–Kier alpha value is -1.88. The van der Waals surface area contributed by atoms with Gasteiger partial charge in [-0.15, -0.1) is 11.3 Å². The first-order valence-corrected chi connectivity index (χ1v) is 8.00. The smallest absolute Gasteiger partial charge is 0.462 e. The number of hydrogen-bond acceptors (Lipinski definition) is 7. The van der Waals surface area contributed by atoms with Gasteiger partial charge in [0.1, 0.15) is 5.56 Å². The number of halogens is 3. The molecule has 1 aromatic heterocycles. The van der Waals surface area contributed by atoms with Crippen molar-refractivity contribution in [2.24, 2.45) is 0 Å². The maximum atomic E-state index is 12.5. The molecular formula is C11H8F3NO5S2. The van der Waals surface area contributed by atoms with Crippen molar-refractivity contribution in [2.45, 2.75) is 12.4 Å². The molecule has 0 N–H and O–H groups in total. The number of rotatable bonds is 4. The predicted molar refractivity (Wildman–Crippen MR) is 71.2 cm³/mol. The molecule has 6 nitrogen and oxygen atoms in total. The van der Waals surface area contributed by atoms with Crippen LogP contribution in [0.25, 0.3) is 10.2 Å². The number of carbonyl (C=O) groups is 1. The summed E-state index contributed by atoms with van der Waals surface area (Å²) >= 11 is 0.839. The molecule has 11 heteroatoms. The van der Waals surface area contributed by atoms with Gasteiger partial charge < -0.3 is 8.92 Å².